The number of hydrogen-bond acceptors (Lipinski definition) is 6. The van der Waals surface area contributed by atoms with Crippen LogP contribution >= 0.6 is 0 Å². The van der Waals surface area contributed by atoms with Crippen molar-refractivity contribution < 1.29 is 22.9 Å². The molecule has 2 rings (SSSR count). The number of nitro benzene ring substituents is 1. The molecule has 144 valence electrons. The minimum Gasteiger partial charge on any atom is -0.468 e. The number of ether oxygens (including phenoxy) is 1. The summed E-state index contributed by atoms with van der Waals surface area (Å²) in [6.07, 6.45) is 0.772. The Morgan fingerprint density at radius 3 is 2.33 bits per heavy atom. The van der Waals surface area contributed by atoms with Gasteiger partial charge in [-0.1, -0.05) is 25.1 Å². The highest BCUT2D eigenvalue weighted by atomic mass is 32.2. The predicted molar refractivity (Wildman–Crippen MR) is 100 cm³/mol. The molecule has 0 heterocycles. The van der Waals surface area contributed by atoms with Gasteiger partial charge in [0.15, 0.2) is 0 Å². The molecule has 0 unspecified atom stereocenters. The monoisotopic (exact) mass is 392 g/mol. The molecule has 0 spiro atoms. The third-order valence-electron chi connectivity index (χ3n) is 4.08. The van der Waals surface area contributed by atoms with E-state index in [-0.39, 0.29) is 16.3 Å². The first-order valence-electron chi connectivity index (χ1n) is 8.14. The van der Waals surface area contributed by atoms with Crippen molar-refractivity contribution in [2.45, 2.75) is 25.2 Å². The first kappa shape index (κ1) is 20.4. The summed E-state index contributed by atoms with van der Waals surface area (Å²) in [6, 6.07) is 10.3. The van der Waals surface area contributed by atoms with Crippen LogP contribution in [0.15, 0.2) is 47.4 Å². The number of nitrogens with zero attached hydrogens (tertiary/aromatic N) is 2. The van der Waals surface area contributed by atoms with Crippen molar-refractivity contribution >= 4 is 27.4 Å². The fourth-order valence-electron chi connectivity index (χ4n) is 2.49. The molecule has 0 radical (unpaired) electrons. The molecule has 0 saturated heterocycles. The summed E-state index contributed by atoms with van der Waals surface area (Å²) in [4.78, 5) is 22.0. The molecular formula is C18H20N2O6S. The van der Waals surface area contributed by atoms with Gasteiger partial charge in [0.1, 0.15) is 6.54 Å². The molecule has 0 saturated carbocycles. The van der Waals surface area contributed by atoms with Crippen molar-refractivity contribution in [2.24, 2.45) is 0 Å². The third-order valence-corrected chi connectivity index (χ3v) is 6.00. The van der Waals surface area contributed by atoms with Gasteiger partial charge in [-0.2, -0.15) is 0 Å². The molecule has 27 heavy (non-hydrogen) atoms. The van der Waals surface area contributed by atoms with E-state index in [0.717, 1.165) is 29.5 Å². The number of sulfonamides is 1. The first-order valence-corrected chi connectivity index (χ1v) is 9.58. The molecule has 0 fully saturated rings. The molecule has 0 aliphatic carbocycles. The van der Waals surface area contributed by atoms with Crippen LogP contribution < -0.4 is 4.31 Å². The van der Waals surface area contributed by atoms with Gasteiger partial charge in [0.05, 0.1) is 22.6 Å². The standard InChI is InChI=1S/C18H20N2O6S/c1-4-14-6-9-15(10-7-14)19(12-18(21)26-3)27(24,25)17-11-16(20(22)23)8-5-13(17)2/h5-11H,4,12H2,1-3H3. The van der Waals surface area contributed by atoms with E-state index >= 15 is 0 Å². The van der Waals surface area contributed by atoms with Gasteiger partial charge in [0, 0.05) is 12.1 Å². The minimum atomic E-state index is -4.24. The average molecular weight is 392 g/mol. The van der Waals surface area contributed by atoms with Crippen molar-refractivity contribution in [1.29, 1.82) is 0 Å². The van der Waals surface area contributed by atoms with Crippen LogP contribution in [0.2, 0.25) is 0 Å². The number of carbonyl (C=O) groups excluding carboxylic acids is 1. The lowest BCUT2D eigenvalue weighted by Gasteiger charge is -2.24. The van der Waals surface area contributed by atoms with Gasteiger partial charge < -0.3 is 4.74 Å². The SMILES string of the molecule is CCc1ccc(N(CC(=O)OC)S(=O)(=O)c2cc([N+](=O)[O-])ccc2C)cc1. The van der Waals surface area contributed by atoms with E-state index < -0.39 is 27.5 Å². The fraction of sp³-hybridized carbons (Fsp3) is 0.278. The normalized spacial score (nSPS) is 11.1. The van der Waals surface area contributed by atoms with Gasteiger partial charge in [-0.3, -0.25) is 19.2 Å². The summed E-state index contributed by atoms with van der Waals surface area (Å²) in [5.74, 6) is -0.749. The number of anilines is 1. The van der Waals surface area contributed by atoms with Crippen molar-refractivity contribution in [3.63, 3.8) is 0 Å². The van der Waals surface area contributed by atoms with Crippen molar-refractivity contribution in [3.8, 4) is 0 Å². The Morgan fingerprint density at radius 1 is 1.19 bits per heavy atom. The molecular weight excluding hydrogens is 372 g/mol. The maximum Gasteiger partial charge on any atom is 0.326 e. The fourth-order valence-corrected chi connectivity index (χ4v) is 4.15. The highest BCUT2D eigenvalue weighted by Gasteiger charge is 2.30. The van der Waals surface area contributed by atoms with Crippen LogP contribution in [0.5, 0.6) is 0 Å². The summed E-state index contributed by atoms with van der Waals surface area (Å²) in [7, 11) is -3.08. The maximum atomic E-state index is 13.2. The second-order valence-electron chi connectivity index (χ2n) is 5.81. The number of esters is 1. The van der Waals surface area contributed by atoms with E-state index in [2.05, 4.69) is 4.74 Å². The average Bonchev–Trinajstić information content (AvgIpc) is 2.65. The lowest BCUT2D eigenvalue weighted by atomic mass is 10.1. The third kappa shape index (κ3) is 4.43. The van der Waals surface area contributed by atoms with Crippen molar-refractivity contribution in [3.05, 3.63) is 63.7 Å². The molecule has 0 atom stereocenters. The van der Waals surface area contributed by atoms with Crippen LogP contribution in [0.3, 0.4) is 0 Å². The highest BCUT2D eigenvalue weighted by Crippen LogP contribution is 2.28. The van der Waals surface area contributed by atoms with Gasteiger partial charge in [0.2, 0.25) is 0 Å². The second-order valence-corrected chi connectivity index (χ2v) is 7.65. The van der Waals surface area contributed by atoms with Gasteiger partial charge in [-0.15, -0.1) is 0 Å². The number of carbonyl (C=O) groups is 1. The van der Waals surface area contributed by atoms with E-state index in [1.165, 1.54) is 19.1 Å². The number of aryl methyl sites for hydroxylation is 2. The highest BCUT2D eigenvalue weighted by molar-refractivity contribution is 7.93. The van der Waals surface area contributed by atoms with E-state index in [1.54, 1.807) is 24.3 Å². The van der Waals surface area contributed by atoms with Gasteiger partial charge in [0.25, 0.3) is 15.7 Å². The van der Waals surface area contributed by atoms with Crippen molar-refractivity contribution in [2.75, 3.05) is 18.0 Å². The number of methoxy groups -OCH3 is 1. The quantitative estimate of drug-likeness (QED) is 0.407. The molecule has 0 N–H and O–H groups in total. The van der Waals surface area contributed by atoms with Crippen LogP contribution in [0, 0.1) is 17.0 Å². The Balaban J connectivity index is 2.60. The van der Waals surface area contributed by atoms with Crippen LogP contribution in [0.1, 0.15) is 18.1 Å². The smallest absolute Gasteiger partial charge is 0.326 e. The summed E-state index contributed by atoms with van der Waals surface area (Å²) in [5.41, 5.74) is 1.25. The summed E-state index contributed by atoms with van der Waals surface area (Å²) in [5, 5.41) is 11.0. The van der Waals surface area contributed by atoms with E-state index in [4.69, 9.17) is 0 Å². The Kier molecular flexibility index (Phi) is 6.17. The Bertz CT molecular complexity index is 954. The zero-order valence-corrected chi connectivity index (χ0v) is 16.0. The van der Waals surface area contributed by atoms with Gasteiger partial charge in [-0.05, 0) is 36.6 Å². The molecule has 0 aliphatic heterocycles. The lowest BCUT2D eigenvalue weighted by molar-refractivity contribution is -0.385. The predicted octanol–water partition coefficient (Wildman–Crippen LogP) is 2.83. The molecule has 9 heteroatoms. The van der Waals surface area contributed by atoms with Crippen LogP contribution in [-0.2, 0) is 26.0 Å². The van der Waals surface area contributed by atoms with Gasteiger partial charge >= 0.3 is 5.97 Å². The Hall–Kier alpha value is -2.94. The number of rotatable bonds is 7. The van der Waals surface area contributed by atoms with Crippen LogP contribution in [0.25, 0.3) is 0 Å². The van der Waals surface area contributed by atoms with Crippen LogP contribution in [0.4, 0.5) is 11.4 Å². The maximum absolute atomic E-state index is 13.2. The molecule has 0 bridgehead atoms. The van der Waals surface area contributed by atoms with Crippen LogP contribution in [-0.4, -0.2) is 33.0 Å². The molecule has 2 aromatic rings. The minimum absolute atomic E-state index is 0.236. The van der Waals surface area contributed by atoms with Crippen molar-refractivity contribution in [1.82, 2.24) is 0 Å². The van der Waals surface area contributed by atoms with E-state index in [1.807, 2.05) is 6.92 Å². The Morgan fingerprint density at radius 2 is 1.81 bits per heavy atom. The largest absolute Gasteiger partial charge is 0.468 e. The summed E-state index contributed by atoms with van der Waals surface area (Å²) >= 11 is 0. The summed E-state index contributed by atoms with van der Waals surface area (Å²) in [6.45, 7) is 2.95. The Labute approximate surface area is 157 Å². The second kappa shape index (κ2) is 8.17. The molecule has 0 aromatic heterocycles. The molecule has 0 amide bonds. The number of benzene rings is 2. The zero-order chi connectivity index (χ0) is 20.2. The topological polar surface area (TPSA) is 107 Å². The lowest BCUT2D eigenvalue weighted by Crippen LogP contribution is -2.36. The summed E-state index contributed by atoms with van der Waals surface area (Å²) < 4.78 is 32.0. The zero-order valence-electron chi connectivity index (χ0n) is 15.2. The number of non-ortho nitro benzene ring substituents is 1. The number of hydrogen-bond donors (Lipinski definition) is 0. The number of nitro groups is 1. The first-order chi connectivity index (χ1) is 12.7. The molecule has 2 aromatic carbocycles. The van der Waals surface area contributed by atoms with Gasteiger partial charge in [-0.25, -0.2) is 8.42 Å². The molecule has 8 nitrogen and oxygen atoms in total. The van der Waals surface area contributed by atoms with E-state index in [0.29, 0.717) is 5.56 Å². The molecule has 0 aliphatic rings. The van der Waals surface area contributed by atoms with E-state index in [9.17, 15) is 23.3 Å².